The zero-order chi connectivity index (χ0) is 16.4. The number of unbranched alkanes of at least 4 members (excludes halogenated alkanes) is 1. The first kappa shape index (κ1) is 18.1. The van der Waals surface area contributed by atoms with Gasteiger partial charge >= 0.3 is 11.9 Å². The highest BCUT2D eigenvalue weighted by atomic mass is 16.4. The van der Waals surface area contributed by atoms with Gasteiger partial charge in [-0.15, -0.1) is 0 Å². The summed E-state index contributed by atoms with van der Waals surface area (Å²) in [5.74, 6) is -2.05. The summed E-state index contributed by atoms with van der Waals surface area (Å²) in [5.41, 5.74) is 6.42. The molecule has 0 aliphatic heterocycles. The summed E-state index contributed by atoms with van der Waals surface area (Å²) in [6.07, 6.45) is 2.69. The van der Waals surface area contributed by atoms with Crippen LogP contribution in [0.3, 0.4) is 0 Å². The molecule has 0 aromatic heterocycles. The smallest absolute Gasteiger partial charge is 0.320 e. The Labute approximate surface area is 130 Å². The fraction of sp³-hybridized carbons (Fsp3) is 0.500. The van der Waals surface area contributed by atoms with Gasteiger partial charge in [-0.2, -0.15) is 0 Å². The van der Waals surface area contributed by atoms with Gasteiger partial charge in [-0.3, -0.25) is 14.9 Å². The van der Waals surface area contributed by atoms with Crippen molar-refractivity contribution in [3.63, 3.8) is 0 Å². The highest BCUT2D eigenvalue weighted by Crippen LogP contribution is 2.08. The molecule has 0 aliphatic carbocycles. The van der Waals surface area contributed by atoms with Crippen LogP contribution in [0.15, 0.2) is 30.3 Å². The first-order valence-electron chi connectivity index (χ1n) is 7.50. The Balaban J connectivity index is 2.57. The molecule has 0 heterocycles. The lowest BCUT2D eigenvalue weighted by atomic mass is 10.0. The molecule has 22 heavy (non-hydrogen) atoms. The number of hydrogen-bond acceptors (Lipinski definition) is 4. The van der Waals surface area contributed by atoms with E-state index >= 15 is 0 Å². The SMILES string of the molecule is NCCCC[C@@H](N[C@H](CCc1ccccc1)C(=O)O)C(=O)O. The first-order chi connectivity index (χ1) is 10.5. The number of carbonyl (C=O) groups is 2. The molecule has 6 nitrogen and oxygen atoms in total. The van der Waals surface area contributed by atoms with Crippen molar-refractivity contribution in [3.05, 3.63) is 35.9 Å². The van der Waals surface area contributed by atoms with Crippen LogP contribution in [0.2, 0.25) is 0 Å². The Kier molecular flexibility index (Phi) is 8.17. The van der Waals surface area contributed by atoms with E-state index in [0.29, 0.717) is 32.2 Å². The minimum atomic E-state index is -1.03. The summed E-state index contributed by atoms with van der Waals surface area (Å²) in [6.45, 7) is 0.503. The van der Waals surface area contributed by atoms with Gasteiger partial charge in [0.15, 0.2) is 0 Å². The second-order valence-electron chi connectivity index (χ2n) is 5.26. The number of nitrogens with two attached hydrogens (primary N) is 1. The molecule has 0 fully saturated rings. The molecule has 1 aromatic carbocycles. The predicted octanol–water partition coefficient (Wildman–Crippen LogP) is 1.24. The average Bonchev–Trinajstić information content (AvgIpc) is 2.50. The second-order valence-corrected chi connectivity index (χ2v) is 5.26. The van der Waals surface area contributed by atoms with Crippen LogP contribution in [0.25, 0.3) is 0 Å². The fourth-order valence-electron chi connectivity index (χ4n) is 2.25. The number of carboxylic acids is 2. The number of hydrogen-bond donors (Lipinski definition) is 4. The summed E-state index contributed by atoms with van der Waals surface area (Å²) in [6, 6.07) is 7.80. The molecular formula is C16H24N2O4. The standard InChI is InChI=1S/C16H24N2O4/c17-11-5-4-8-13(15(19)20)18-14(16(21)22)10-9-12-6-2-1-3-7-12/h1-3,6-7,13-14,18H,4-5,8-11,17H2,(H,19,20)(H,21,22)/t13-,14-/m1/s1. The maximum atomic E-state index is 11.3. The zero-order valence-electron chi connectivity index (χ0n) is 12.6. The van der Waals surface area contributed by atoms with Crippen molar-refractivity contribution in [2.24, 2.45) is 5.73 Å². The van der Waals surface area contributed by atoms with Crippen LogP contribution >= 0.6 is 0 Å². The Morgan fingerprint density at radius 1 is 1.00 bits per heavy atom. The van der Waals surface area contributed by atoms with Crippen molar-refractivity contribution in [2.45, 2.75) is 44.2 Å². The Morgan fingerprint density at radius 3 is 2.14 bits per heavy atom. The minimum Gasteiger partial charge on any atom is -0.480 e. The largest absolute Gasteiger partial charge is 0.480 e. The Hall–Kier alpha value is -1.92. The highest BCUT2D eigenvalue weighted by molar-refractivity contribution is 5.77. The number of carboxylic acid groups (broad SMARTS) is 2. The van der Waals surface area contributed by atoms with Crippen molar-refractivity contribution in [2.75, 3.05) is 6.54 Å². The van der Waals surface area contributed by atoms with E-state index in [1.165, 1.54) is 0 Å². The molecule has 0 amide bonds. The normalized spacial score (nSPS) is 13.5. The van der Waals surface area contributed by atoms with Crippen molar-refractivity contribution < 1.29 is 19.8 Å². The molecule has 1 rings (SSSR count). The van der Waals surface area contributed by atoms with Gasteiger partial charge in [0.25, 0.3) is 0 Å². The van der Waals surface area contributed by atoms with E-state index in [1.54, 1.807) is 0 Å². The van der Waals surface area contributed by atoms with Gasteiger partial charge in [0.05, 0.1) is 0 Å². The van der Waals surface area contributed by atoms with Crippen LogP contribution in [0.4, 0.5) is 0 Å². The van der Waals surface area contributed by atoms with Crippen molar-refractivity contribution >= 4 is 11.9 Å². The molecule has 0 saturated carbocycles. The monoisotopic (exact) mass is 308 g/mol. The number of rotatable bonds is 11. The summed E-state index contributed by atoms with van der Waals surface area (Å²) in [7, 11) is 0. The number of aryl methyl sites for hydroxylation is 1. The van der Waals surface area contributed by atoms with Gasteiger partial charge in [0, 0.05) is 0 Å². The van der Waals surface area contributed by atoms with Crippen molar-refractivity contribution in [1.82, 2.24) is 5.32 Å². The topological polar surface area (TPSA) is 113 Å². The lowest BCUT2D eigenvalue weighted by Gasteiger charge is -2.20. The number of nitrogens with one attached hydrogen (secondary N) is 1. The van der Waals surface area contributed by atoms with Gasteiger partial charge in [-0.25, -0.2) is 0 Å². The van der Waals surface area contributed by atoms with E-state index in [-0.39, 0.29) is 0 Å². The zero-order valence-corrected chi connectivity index (χ0v) is 12.6. The van der Waals surface area contributed by atoms with Gasteiger partial charge in [-0.05, 0) is 37.8 Å². The van der Waals surface area contributed by atoms with Crippen molar-refractivity contribution in [3.8, 4) is 0 Å². The third-order valence-corrected chi connectivity index (χ3v) is 3.51. The Bertz CT molecular complexity index is 464. The van der Waals surface area contributed by atoms with Crippen LogP contribution in [-0.4, -0.2) is 40.8 Å². The number of benzene rings is 1. The van der Waals surface area contributed by atoms with E-state index < -0.39 is 24.0 Å². The minimum absolute atomic E-state index is 0.347. The molecule has 2 atom stereocenters. The highest BCUT2D eigenvalue weighted by Gasteiger charge is 2.25. The fourth-order valence-corrected chi connectivity index (χ4v) is 2.25. The molecule has 1 aromatic rings. The maximum Gasteiger partial charge on any atom is 0.320 e. The summed E-state index contributed by atoms with van der Waals surface area (Å²) >= 11 is 0. The molecule has 0 saturated heterocycles. The second kappa shape index (κ2) is 9.92. The van der Waals surface area contributed by atoms with Gasteiger partial charge in [0.2, 0.25) is 0 Å². The molecule has 0 aliphatic rings. The Morgan fingerprint density at radius 2 is 1.59 bits per heavy atom. The van der Waals surface area contributed by atoms with Gasteiger partial charge in [0.1, 0.15) is 12.1 Å². The molecular weight excluding hydrogens is 284 g/mol. The van der Waals surface area contributed by atoms with Crippen LogP contribution in [0.5, 0.6) is 0 Å². The van der Waals surface area contributed by atoms with E-state index in [1.807, 2.05) is 30.3 Å². The maximum absolute atomic E-state index is 11.3. The third kappa shape index (κ3) is 6.69. The first-order valence-corrected chi connectivity index (χ1v) is 7.50. The van der Waals surface area contributed by atoms with Crippen LogP contribution in [0, 0.1) is 0 Å². The quantitative estimate of drug-likeness (QED) is 0.458. The molecule has 0 spiro atoms. The number of aliphatic carboxylic acids is 2. The predicted molar refractivity (Wildman–Crippen MR) is 83.7 cm³/mol. The molecule has 0 radical (unpaired) electrons. The van der Waals surface area contributed by atoms with Gasteiger partial charge in [-0.1, -0.05) is 36.8 Å². The van der Waals surface area contributed by atoms with Gasteiger partial charge < -0.3 is 15.9 Å². The van der Waals surface area contributed by atoms with E-state index in [0.717, 1.165) is 12.0 Å². The average molecular weight is 308 g/mol. The van der Waals surface area contributed by atoms with E-state index in [2.05, 4.69) is 5.32 Å². The van der Waals surface area contributed by atoms with Crippen LogP contribution < -0.4 is 11.1 Å². The molecule has 122 valence electrons. The van der Waals surface area contributed by atoms with E-state index in [4.69, 9.17) is 5.73 Å². The summed E-state index contributed by atoms with van der Waals surface area (Å²) < 4.78 is 0. The molecule has 0 bridgehead atoms. The lowest BCUT2D eigenvalue weighted by Crippen LogP contribution is -2.47. The molecule has 0 unspecified atom stereocenters. The summed E-state index contributed by atoms with van der Waals surface area (Å²) in [5, 5.41) is 21.2. The lowest BCUT2D eigenvalue weighted by molar-refractivity contribution is -0.142. The van der Waals surface area contributed by atoms with E-state index in [9.17, 15) is 19.8 Å². The van der Waals surface area contributed by atoms with Crippen molar-refractivity contribution in [1.29, 1.82) is 0 Å². The molecule has 6 heteroatoms. The summed E-state index contributed by atoms with van der Waals surface area (Å²) in [4.78, 5) is 22.6. The van der Waals surface area contributed by atoms with Crippen LogP contribution in [0.1, 0.15) is 31.2 Å². The third-order valence-electron chi connectivity index (χ3n) is 3.51. The molecule has 5 N–H and O–H groups in total. The van der Waals surface area contributed by atoms with Crippen LogP contribution in [-0.2, 0) is 16.0 Å².